The van der Waals surface area contributed by atoms with Crippen LogP contribution in [-0.4, -0.2) is 56.8 Å². The lowest BCUT2D eigenvalue weighted by Crippen LogP contribution is -2.52. The lowest BCUT2D eigenvalue weighted by atomic mass is 10.2. The summed E-state index contributed by atoms with van der Waals surface area (Å²) in [4.78, 5) is 13.8. The molecule has 0 saturated carbocycles. The second-order valence-corrected chi connectivity index (χ2v) is 5.01. The number of morpholine rings is 1. The van der Waals surface area contributed by atoms with Crippen LogP contribution in [0.3, 0.4) is 0 Å². The Morgan fingerprint density at radius 3 is 3.10 bits per heavy atom. The Balaban J connectivity index is 1.74. The fraction of sp³-hybridized carbons (Fsp3) is 0.533. The number of hydrogen-bond acceptors (Lipinski definition) is 4. The van der Waals surface area contributed by atoms with Gasteiger partial charge in [0.15, 0.2) is 0 Å². The topological polar surface area (TPSA) is 50.8 Å². The number of carbonyl (C=O) groups excluding carboxylic acids is 1. The predicted octanol–water partition coefficient (Wildman–Crippen LogP) is 0.821. The summed E-state index contributed by atoms with van der Waals surface area (Å²) in [7, 11) is 1.79. The first-order chi connectivity index (χ1) is 9.66. The number of likely N-dealkylation sites (N-methyl/N-ethyl adjacent to an activating group) is 1. The number of aryl methyl sites for hydroxylation is 1. The van der Waals surface area contributed by atoms with E-state index in [2.05, 4.69) is 5.32 Å². The maximum atomic E-state index is 12.1. The molecule has 110 valence electrons. The number of carbonyl (C=O) groups is 1. The molecule has 0 aromatic heterocycles. The van der Waals surface area contributed by atoms with Crippen molar-refractivity contribution in [2.24, 2.45) is 0 Å². The third kappa shape index (κ3) is 4.21. The van der Waals surface area contributed by atoms with Gasteiger partial charge in [0.1, 0.15) is 18.4 Å². The Morgan fingerprint density at radius 2 is 2.40 bits per heavy atom. The minimum atomic E-state index is -0.229. The van der Waals surface area contributed by atoms with Crippen molar-refractivity contribution in [3.8, 4) is 5.75 Å². The molecule has 1 heterocycles. The molecule has 1 aromatic carbocycles. The standard InChI is InChI=1S/C15H22N2O3/c1-12-4-3-5-13(10-12)20-9-7-17(2)15(18)14-11-19-8-6-16-14/h3-5,10,14,16H,6-9,11H2,1-2H3. The van der Waals surface area contributed by atoms with Crippen LogP contribution in [0.15, 0.2) is 24.3 Å². The molecule has 0 bridgehead atoms. The van der Waals surface area contributed by atoms with Crippen LogP contribution in [0.25, 0.3) is 0 Å². The van der Waals surface area contributed by atoms with E-state index in [4.69, 9.17) is 9.47 Å². The van der Waals surface area contributed by atoms with Gasteiger partial charge in [0.25, 0.3) is 0 Å². The lowest BCUT2D eigenvalue weighted by molar-refractivity contribution is -0.135. The molecular weight excluding hydrogens is 256 g/mol. The van der Waals surface area contributed by atoms with Gasteiger partial charge in [-0.25, -0.2) is 0 Å². The molecule has 2 rings (SSSR count). The average Bonchev–Trinajstić information content (AvgIpc) is 2.47. The SMILES string of the molecule is Cc1cccc(OCCN(C)C(=O)C2COCCN2)c1. The molecule has 1 N–H and O–H groups in total. The molecular formula is C15H22N2O3. The van der Waals surface area contributed by atoms with Crippen molar-refractivity contribution in [2.45, 2.75) is 13.0 Å². The van der Waals surface area contributed by atoms with Gasteiger partial charge in [-0.3, -0.25) is 4.79 Å². The van der Waals surface area contributed by atoms with E-state index in [-0.39, 0.29) is 11.9 Å². The van der Waals surface area contributed by atoms with E-state index in [0.717, 1.165) is 17.9 Å². The highest BCUT2D eigenvalue weighted by molar-refractivity contribution is 5.81. The number of rotatable bonds is 5. The average molecular weight is 278 g/mol. The van der Waals surface area contributed by atoms with E-state index in [1.807, 2.05) is 31.2 Å². The minimum absolute atomic E-state index is 0.0533. The molecule has 1 amide bonds. The highest BCUT2D eigenvalue weighted by Crippen LogP contribution is 2.12. The summed E-state index contributed by atoms with van der Waals surface area (Å²) >= 11 is 0. The van der Waals surface area contributed by atoms with E-state index in [1.165, 1.54) is 0 Å². The highest BCUT2D eigenvalue weighted by atomic mass is 16.5. The quantitative estimate of drug-likeness (QED) is 0.866. The molecule has 1 aliphatic rings. The van der Waals surface area contributed by atoms with Gasteiger partial charge >= 0.3 is 0 Å². The van der Waals surface area contributed by atoms with Crippen molar-refractivity contribution < 1.29 is 14.3 Å². The fourth-order valence-electron chi connectivity index (χ4n) is 2.11. The van der Waals surface area contributed by atoms with Gasteiger partial charge in [0.05, 0.1) is 19.8 Å². The molecule has 0 aliphatic carbocycles. The van der Waals surface area contributed by atoms with Gasteiger partial charge in [-0.05, 0) is 24.6 Å². The number of hydrogen-bond donors (Lipinski definition) is 1. The van der Waals surface area contributed by atoms with Crippen LogP contribution < -0.4 is 10.1 Å². The number of nitrogens with zero attached hydrogens (tertiary/aromatic N) is 1. The molecule has 0 spiro atoms. The first-order valence-corrected chi connectivity index (χ1v) is 6.92. The normalized spacial score (nSPS) is 18.6. The molecule has 5 heteroatoms. The van der Waals surface area contributed by atoms with Crippen LogP contribution in [0.2, 0.25) is 0 Å². The number of ether oxygens (including phenoxy) is 2. The van der Waals surface area contributed by atoms with Gasteiger partial charge < -0.3 is 19.7 Å². The molecule has 1 aromatic rings. The summed E-state index contributed by atoms with van der Waals surface area (Å²) in [5.41, 5.74) is 1.16. The van der Waals surface area contributed by atoms with Crippen molar-refractivity contribution >= 4 is 5.91 Å². The van der Waals surface area contributed by atoms with Gasteiger partial charge in [-0.1, -0.05) is 12.1 Å². The number of nitrogens with one attached hydrogen (secondary N) is 1. The maximum Gasteiger partial charge on any atom is 0.241 e. The van der Waals surface area contributed by atoms with E-state index in [9.17, 15) is 4.79 Å². The molecule has 1 saturated heterocycles. The largest absolute Gasteiger partial charge is 0.492 e. The van der Waals surface area contributed by atoms with E-state index >= 15 is 0 Å². The Bertz CT molecular complexity index is 444. The van der Waals surface area contributed by atoms with Crippen LogP contribution in [-0.2, 0) is 9.53 Å². The van der Waals surface area contributed by atoms with Crippen LogP contribution in [0, 0.1) is 6.92 Å². The van der Waals surface area contributed by atoms with E-state index < -0.39 is 0 Å². The van der Waals surface area contributed by atoms with Crippen molar-refractivity contribution in [3.05, 3.63) is 29.8 Å². The molecule has 0 radical (unpaired) electrons. The summed E-state index contributed by atoms with van der Waals surface area (Å²) < 4.78 is 10.9. The van der Waals surface area contributed by atoms with Crippen LogP contribution in [0.5, 0.6) is 5.75 Å². The molecule has 5 nitrogen and oxygen atoms in total. The maximum absolute atomic E-state index is 12.1. The summed E-state index contributed by atoms with van der Waals surface area (Å²) in [6.45, 7) is 4.91. The third-order valence-corrected chi connectivity index (χ3v) is 3.28. The smallest absolute Gasteiger partial charge is 0.241 e. The van der Waals surface area contributed by atoms with Gasteiger partial charge in [0.2, 0.25) is 5.91 Å². The Labute approximate surface area is 119 Å². The predicted molar refractivity (Wildman–Crippen MR) is 76.9 cm³/mol. The Kier molecular flexibility index (Phi) is 5.38. The number of amides is 1. The monoisotopic (exact) mass is 278 g/mol. The van der Waals surface area contributed by atoms with Crippen LogP contribution >= 0.6 is 0 Å². The van der Waals surface area contributed by atoms with Gasteiger partial charge in [0, 0.05) is 13.6 Å². The summed E-state index contributed by atoms with van der Waals surface area (Å²) in [5.74, 6) is 0.891. The minimum Gasteiger partial charge on any atom is -0.492 e. The van der Waals surface area contributed by atoms with Crippen molar-refractivity contribution in [3.63, 3.8) is 0 Å². The molecule has 1 unspecified atom stereocenters. The van der Waals surface area contributed by atoms with Crippen molar-refractivity contribution in [2.75, 3.05) is 40.0 Å². The zero-order chi connectivity index (χ0) is 14.4. The van der Waals surface area contributed by atoms with Crippen molar-refractivity contribution in [1.82, 2.24) is 10.2 Å². The summed E-state index contributed by atoms with van der Waals surface area (Å²) in [6, 6.07) is 7.66. The second-order valence-electron chi connectivity index (χ2n) is 5.01. The van der Waals surface area contributed by atoms with Crippen molar-refractivity contribution in [1.29, 1.82) is 0 Å². The molecule has 1 aliphatic heterocycles. The zero-order valence-electron chi connectivity index (χ0n) is 12.1. The lowest BCUT2D eigenvalue weighted by Gasteiger charge is -2.27. The van der Waals surface area contributed by atoms with Gasteiger partial charge in [-0.15, -0.1) is 0 Å². The summed E-state index contributed by atoms with van der Waals surface area (Å²) in [5, 5.41) is 3.16. The zero-order valence-corrected chi connectivity index (χ0v) is 12.1. The van der Waals surface area contributed by atoms with E-state index in [1.54, 1.807) is 11.9 Å². The number of benzene rings is 1. The van der Waals surface area contributed by atoms with Crippen LogP contribution in [0.1, 0.15) is 5.56 Å². The highest BCUT2D eigenvalue weighted by Gasteiger charge is 2.23. The Morgan fingerprint density at radius 1 is 1.55 bits per heavy atom. The molecule has 1 fully saturated rings. The summed E-state index contributed by atoms with van der Waals surface area (Å²) in [6.07, 6.45) is 0. The van der Waals surface area contributed by atoms with Gasteiger partial charge in [-0.2, -0.15) is 0 Å². The molecule has 1 atom stereocenters. The van der Waals surface area contributed by atoms with Crippen LogP contribution in [0.4, 0.5) is 0 Å². The molecule has 20 heavy (non-hydrogen) atoms. The Hall–Kier alpha value is -1.59. The second kappa shape index (κ2) is 7.26. The first kappa shape index (κ1) is 14.8. The first-order valence-electron chi connectivity index (χ1n) is 6.92. The third-order valence-electron chi connectivity index (χ3n) is 3.28. The fourth-order valence-corrected chi connectivity index (χ4v) is 2.11. The van der Waals surface area contributed by atoms with E-state index in [0.29, 0.717) is 26.4 Å².